The first-order chi connectivity index (χ1) is 24.4. The lowest BCUT2D eigenvalue weighted by atomic mass is 10.0. The molecule has 0 radical (unpaired) electrons. The summed E-state index contributed by atoms with van der Waals surface area (Å²) in [5.74, 6) is 0. The quantitative estimate of drug-likeness (QED) is 0.170. The van der Waals surface area contributed by atoms with Gasteiger partial charge in [0.25, 0.3) is 0 Å². The standard InChI is InChI=1S/C48H40N2/c1-33-9-5-13-43(31-33)49(47-15-7-11-39-29-35(3)17-27-45(39)47)41-23-19-37(20-24-41)38-21-25-42(26-22-38)50(44-14-6-10-34(2)32-44)48-16-8-12-40-30-36(4)18-28-46(40)48/h5-32H,1-4H3. The third kappa shape index (κ3) is 6.01. The SMILES string of the molecule is Cc1cccc(N(c2ccc(-c3ccc(N(c4cccc(C)c4)c4cccc5cc(C)ccc45)cc3)cc2)c2cccc3cc(C)ccc23)c1. The first kappa shape index (κ1) is 31.2. The highest BCUT2D eigenvalue weighted by atomic mass is 15.1. The van der Waals surface area contributed by atoms with Crippen LogP contribution >= 0.6 is 0 Å². The van der Waals surface area contributed by atoms with Crippen molar-refractivity contribution in [1.29, 1.82) is 0 Å². The second kappa shape index (κ2) is 13.1. The lowest BCUT2D eigenvalue weighted by Crippen LogP contribution is -2.11. The Kier molecular flexibility index (Phi) is 8.14. The molecule has 0 bridgehead atoms. The normalized spacial score (nSPS) is 11.2. The molecule has 0 amide bonds. The Balaban J connectivity index is 1.17. The van der Waals surface area contributed by atoms with E-state index in [9.17, 15) is 0 Å². The van der Waals surface area contributed by atoms with Crippen LogP contribution in [0.25, 0.3) is 32.7 Å². The number of hydrogen-bond donors (Lipinski definition) is 0. The minimum atomic E-state index is 1.13. The zero-order valence-corrected chi connectivity index (χ0v) is 29.1. The Morgan fingerprint density at radius 2 is 0.680 bits per heavy atom. The van der Waals surface area contributed by atoms with E-state index in [4.69, 9.17) is 0 Å². The van der Waals surface area contributed by atoms with Crippen LogP contribution in [0.4, 0.5) is 34.1 Å². The predicted molar refractivity (Wildman–Crippen MR) is 215 cm³/mol. The van der Waals surface area contributed by atoms with Crippen LogP contribution in [0.2, 0.25) is 0 Å². The summed E-state index contributed by atoms with van der Waals surface area (Å²) in [5, 5.41) is 4.96. The second-order valence-electron chi connectivity index (χ2n) is 13.4. The maximum Gasteiger partial charge on any atom is 0.0540 e. The monoisotopic (exact) mass is 644 g/mol. The molecule has 0 atom stereocenters. The number of rotatable bonds is 7. The third-order valence-corrected chi connectivity index (χ3v) is 9.61. The van der Waals surface area contributed by atoms with Gasteiger partial charge in [-0.25, -0.2) is 0 Å². The zero-order valence-electron chi connectivity index (χ0n) is 29.1. The van der Waals surface area contributed by atoms with E-state index in [0.717, 1.165) is 22.7 Å². The Morgan fingerprint density at radius 1 is 0.300 bits per heavy atom. The van der Waals surface area contributed by atoms with Crippen molar-refractivity contribution in [2.24, 2.45) is 0 Å². The Hall–Kier alpha value is -6.12. The van der Waals surface area contributed by atoms with E-state index in [-0.39, 0.29) is 0 Å². The van der Waals surface area contributed by atoms with Crippen LogP contribution in [0, 0.1) is 27.7 Å². The van der Waals surface area contributed by atoms with Gasteiger partial charge in [0.2, 0.25) is 0 Å². The minimum Gasteiger partial charge on any atom is -0.310 e. The number of hydrogen-bond acceptors (Lipinski definition) is 2. The number of anilines is 6. The molecule has 8 rings (SSSR count). The fourth-order valence-corrected chi connectivity index (χ4v) is 7.16. The lowest BCUT2D eigenvalue weighted by molar-refractivity contribution is 1.28. The van der Waals surface area contributed by atoms with Gasteiger partial charge in [-0.15, -0.1) is 0 Å². The summed E-state index contributed by atoms with van der Waals surface area (Å²) in [5.41, 5.74) is 14.3. The van der Waals surface area contributed by atoms with Crippen LogP contribution in [-0.4, -0.2) is 0 Å². The van der Waals surface area contributed by atoms with Gasteiger partial charge in [0.05, 0.1) is 11.4 Å². The molecule has 0 aliphatic carbocycles. The van der Waals surface area contributed by atoms with E-state index in [1.807, 2.05) is 0 Å². The summed E-state index contributed by atoms with van der Waals surface area (Å²) in [6, 6.07) is 62.1. The van der Waals surface area contributed by atoms with Gasteiger partial charge in [0.15, 0.2) is 0 Å². The number of aryl methyl sites for hydroxylation is 4. The summed E-state index contributed by atoms with van der Waals surface area (Å²) in [6.07, 6.45) is 0. The van der Waals surface area contributed by atoms with Crippen molar-refractivity contribution >= 4 is 55.7 Å². The minimum absolute atomic E-state index is 1.13. The van der Waals surface area contributed by atoms with Crippen LogP contribution in [0.1, 0.15) is 22.3 Å². The summed E-state index contributed by atoms with van der Waals surface area (Å²) >= 11 is 0. The van der Waals surface area contributed by atoms with Crippen molar-refractivity contribution in [3.8, 4) is 11.1 Å². The van der Waals surface area contributed by atoms with Crippen molar-refractivity contribution in [2.75, 3.05) is 9.80 Å². The van der Waals surface area contributed by atoms with Gasteiger partial charge in [0, 0.05) is 33.5 Å². The molecule has 242 valence electrons. The average molecular weight is 645 g/mol. The van der Waals surface area contributed by atoms with Crippen molar-refractivity contribution in [2.45, 2.75) is 27.7 Å². The average Bonchev–Trinajstić information content (AvgIpc) is 3.12. The maximum absolute atomic E-state index is 2.38. The largest absolute Gasteiger partial charge is 0.310 e. The molecular weight excluding hydrogens is 605 g/mol. The molecule has 8 aromatic rings. The number of benzene rings is 8. The molecular formula is C48H40N2. The zero-order chi connectivity index (χ0) is 34.2. The molecule has 2 nitrogen and oxygen atoms in total. The van der Waals surface area contributed by atoms with Gasteiger partial charge in [-0.05, 0) is 121 Å². The Labute approximate surface area is 295 Å². The molecule has 2 heteroatoms. The molecule has 50 heavy (non-hydrogen) atoms. The van der Waals surface area contributed by atoms with Crippen LogP contribution in [-0.2, 0) is 0 Å². The van der Waals surface area contributed by atoms with Gasteiger partial charge >= 0.3 is 0 Å². The van der Waals surface area contributed by atoms with Crippen molar-refractivity contribution in [1.82, 2.24) is 0 Å². The molecule has 0 saturated heterocycles. The first-order valence-corrected chi connectivity index (χ1v) is 17.3. The van der Waals surface area contributed by atoms with Gasteiger partial charge < -0.3 is 9.80 Å². The van der Waals surface area contributed by atoms with E-state index < -0.39 is 0 Å². The molecule has 0 spiro atoms. The fraction of sp³-hybridized carbons (Fsp3) is 0.0833. The van der Waals surface area contributed by atoms with Gasteiger partial charge in [-0.1, -0.05) is 120 Å². The third-order valence-electron chi connectivity index (χ3n) is 9.61. The van der Waals surface area contributed by atoms with Crippen LogP contribution in [0.3, 0.4) is 0 Å². The van der Waals surface area contributed by atoms with Crippen LogP contribution < -0.4 is 9.80 Å². The Bertz CT molecular complexity index is 2300. The van der Waals surface area contributed by atoms with Crippen LogP contribution in [0.5, 0.6) is 0 Å². The topological polar surface area (TPSA) is 6.48 Å². The summed E-state index contributed by atoms with van der Waals surface area (Å²) in [7, 11) is 0. The van der Waals surface area contributed by atoms with E-state index in [1.54, 1.807) is 0 Å². The maximum atomic E-state index is 2.38. The van der Waals surface area contributed by atoms with Gasteiger partial charge in [-0.2, -0.15) is 0 Å². The van der Waals surface area contributed by atoms with E-state index >= 15 is 0 Å². The predicted octanol–water partition coefficient (Wildman–Crippen LogP) is 13.8. The Morgan fingerprint density at radius 3 is 1.08 bits per heavy atom. The van der Waals surface area contributed by atoms with Gasteiger partial charge in [0.1, 0.15) is 0 Å². The lowest BCUT2D eigenvalue weighted by Gasteiger charge is -2.28. The molecule has 0 heterocycles. The summed E-state index contributed by atoms with van der Waals surface area (Å²) in [6.45, 7) is 8.62. The smallest absolute Gasteiger partial charge is 0.0540 e. The molecule has 0 aliphatic rings. The van der Waals surface area contributed by atoms with Crippen molar-refractivity contribution in [3.63, 3.8) is 0 Å². The van der Waals surface area contributed by atoms with E-state index in [2.05, 4.69) is 207 Å². The van der Waals surface area contributed by atoms with Gasteiger partial charge in [-0.3, -0.25) is 0 Å². The number of nitrogens with zero attached hydrogens (tertiary/aromatic N) is 2. The second-order valence-corrected chi connectivity index (χ2v) is 13.4. The highest BCUT2D eigenvalue weighted by molar-refractivity contribution is 6.00. The summed E-state index contributed by atoms with van der Waals surface area (Å²) < 4.78 is 0. The van der Waals surface area contributed by atoms with E-state index in [1.165, 1.54) is 66.3 Å². The highest BCUT2D eigenvalue weighted by Gasteiger charge is 2.18. The fourth-order valence-electron chi connectivity index (χ4n) is 7.16. The molecule has 0 saturated carbocycles. The molecule has 0 unspecified atom stereocenters. The molecule has 0 aromatic heterocycles. The number of fused-ring (bicyclic) bond motifs is 2. The molecule has 8 aromatic carbocycles. The molecule has 0 aliphatic heterocycles. The summed E-state index contributed by atoms with van der Waals surface area (Å²) in [4.78, 5) is 4.76. The molecule has 0 N–H and O–H groups in total. The molecule has 0 fully saturated rings. The van der Waals surface area contributed by atoms with E-state index in [0.29, 0.717) is 0 Å². The highest BCUT2D eigenvalue weighted by Crippen LogP contribution is 2.42. The van der Waals surface area contributed by atoms with Crippen molar-refractivity contribution in [3.05, 3.63) is 192 Å². The van der Waals surface area contributed by atoms with Crippen molar-refractivity contribution < 1.29 is 0 Å². The first-order valence-electron chi connectivity index (χ1n) is 17.3. The van der Waals surface area contributed by atoms with Crippen LogP contribution in [0.15, 0.2) is 170 Å².